The summed E-state index contributed by atoms with van der Waals surface area (Å²) in [4.78, 5) is 55.4. The topological polar surface area (TPSA) is 232 Å². The molecule has 4 heterocycles. The summed E-state index contributed by atoms with van der Waals surface area (Å²) in [7, 11) is -1.40. The number of ketones is 4. The highest BCUT2D eigenvalue weighted by molar-refractivity contribution is 9.11. The molecule has 2 spiro atoms. The number of carbonyl (C=O) groups is 4. The zero-order chi connectivity index (χ0) is 103. The number of halogens is 10. The lowest BCUT2D eigenvalue weighted by Crippen LogP contribution is -2.59. The van der Waals surface area contributed by atoms with E-state index in [9.17, 15) is 43.3 Å². The predicted octanol–water partition coefficient (Wildman–Crippen LogP) is 28.3. The Morgan fingerprint density at radius 1 is 0.419 bits per heavy atom. The lowest BCUT2D eigenvalue weighted by Gasteiger charge is -2.55. The number of pyridine rings is 2. The number of benzene rings is 4. The summed E-state index contributed by atoms with van der Waals surface area (Å²) < 4.78 is 111. The van der Waals surface area contributed by atoms with Gasteiger partial charge in [0.1, 0.15) is 22.8 Å². The largest absolute Gasteiger partial charge is 0.490 e. The number of aromatic nitrogens is 2. The van der Waals surface area contributed by atoms with E-state index in [0.717, 1.165) is 169 Å². The molecule has 148 heavy (non-hydrogen) atoms. The monoisotopic (exact) mass is 2280 g/mol. The molecule has 0 bridgehead atoms. The minimum absolute atomic E-state index is 0. The quantitative estimate of drug-likeness (QED) is 0.0351. The van der Waals surface area contributed by atoms with E-state index < -0.39 is 63.0 Å². The first kappa shape index (κ1) is 113. The molecule has 19 atom stereocenters. The maximum absolute atomic E-state index is 15.3. The number of allylic oxidation sites excluding steroid dienone is 13. The number of rotatable bonds is 11. The molecule has 5 N–H and O–H groups in total. The number of alkyl halides is 7. The second-order valence-electron chi connectivity index (χ2n) is 45.0. The molecule has 6 aromatic rings. The first-order valence-corrected chi connectivity index (χ1v) is 55.3. The number of carbonyl (C=O) groups excluding carboxylic acids is 4. The van der Waals surface area contributed by atoms with Crippen molar-refractivity contribution in [1.29, 1.82) is 0 Å². The van der Waals surface area contributed by atoms with Crippen LogP contribution in [0.5, 0.6) is 0 Å². The average molecular weight is 2290 g/mol. The van der Waals surface area contributed by atoms with Gasteiger partial charge >= 0.3 is 12.0 Å². The van der Waals surface area contributed by atoms with E-state index in [0.29, 0.717) is 143 Å². The van der Waals surface area contributed by atoms with Gasteiger partial charge in [0.25, 0.3) is 11.8 Å². The van der Waals surface area contributed by atoms with Crippen molar-refractivity contribution in [2.45, 2.75) is 305 Å². The van der Waals surface area contributed by atoms with Gasteiger partial charge in [0.15, 0.2) is 23.1 Å². The van der Waals surface area contributed by atoms with Gasteiger partial charge in [-0.15, -0.1) is 0 Å². The fourth-order valence-electron chi connectivity index (χ4n) is 31.1. The Morgan fingerprint density at radius 3 is 1.23 bits per heavy atom. The van der Waals surface area contributed by atoms with Gasteiger partial charge in [0.2, 0.25) is 0 Å². The number of ether oxygens (including phenoxy) is 4. The zero-order valence-corrected chi connectivity index (χ0v) is 89.3. The minimum Gasteiger partial charge on any atom is -0.423 e. The fourth-order valence-corrected chi connectivity index (χ4v) is 31.8. The molecular weight excluding hydrogens is 2150 g/mol. The molecule has 16 aliphatic carbocycles. The molecule has 26 heteroatoms. The van der Waals surface area contributed by atoms with E-state index in [2.05, 4.69) is 182 Å². The molecule has 0 radical (unpaired) electrons. The van der Waals surface area contributed by atoms with Gasteiger partial charge in [0, 0.05) is 134 Å². The van der Waals surface area contributed by atoms with E-state index in [-0.39, 0.29) is 98.9 Å². The number of Topliss-reactive ketones (excluding diaryl/α,β-unsaturated/α-hetero) is 2. The third-order valence-corrected chi connectivity index (χ3v) is 40.0. The van der Waals surface area contributed by atoms with Crippen molar-refractivity contribution in [1.82, 2.24) is 9.97 Å². The Hall–Kier alpha value is -7.54. The van der Waals surface area contributed by atoms with E-state index >= 15 is 17.6 Å². The number of hydrogen-bond donors (Lipinski definition) is 5. The van der Waals surface area contributed by atoms with E-state index in [1.54, 1.807) is 35.7 Å². The highest BCUT2D eigenvalue weighted by Gasteiger charge is 2.73. The van der Waals surface area contributed by atoms with Gasteiger partial charge in [-0.05, 0) is 362 Å². The van der Waals surface area contributed by atoms with Crippen molar-refractivity contribution in [3.05, 3.63) is 299 Å². The van der Waals surface area contributed by atoms with Crippen molar-refractivity contribution >= 4 is 99.4 Å². The first-order valence-electron chi connectivity index (χ1n) is 52.2. The molecule has 9 saturated carbocycles. The minimum atomic E-state index is -3.37. The van der Waals surface area contributed by atoms with Crippen LogP contribution in [0, 0.1) is 69.0 Å². The normalized spacial score (nSPS) is 33.5. The summed E-state index contributed by atoms with van der Waals surface area (Å²) in [5.74, 6) is -4.02. The van der Waals surface area contributed by atoms with Crippen LogP contribution in [0.3, 0.4) is 0 Å². The summed E-state index contributed by atoms with van der Waals surface area (Å²) in [5, 5.41) is 52.2. The summed E-state index contributed by atoms with van der Waals surface area (Å²) in [6, 6.07) is 41.1. The highest BCUT2D eigenvalue weighted by Crippen LogP contribution is 2.74. The number of aliphatic hydroxyl groups is 3. The lowest BCUT2D eigenvalue weighted by molar-refractivity contribution is -0.213. The van der Waals surface area contributed by atoms with Gasteiger partial charge in [-0.3, -0.25) is 29.1 Å². The summed E-state index contributed by atoms with van der Waals surface area (Å²) in [6.07, 6.45) is 35.7. The molecule has 2 aromatic heterocycles. The summed E-state index contributed by atoms with van der Waals surface area (Å²) in [6.45, 7) is 20.5. The Bertz CT molecular complexity index is 6230. The van der Waals surface area contributed by atoms with Crippen LogP contribution in [0.2, 0.25) is 0 Å². The summed E-state index contributed by atoms with van der Waals surface area (Å²) >= 11 is 12.7. The molecule has 15 nitrogen and oxygen atoms in total. The van der Waals surface area contributed by atoms with Crippen LogP contribution in [0.25, 0.3) is 11.1 Å². The fraction of sp³-hybridized carbons (Fsp3) is 0.525. The third-order valence-electron chi connectivity index (χ3n) is 38.0. The Morgan fingerprint density at radius 2 is 0.818 bits per heavy atom. The number of fused-ring (bicyclic) bond motifs is 16. The molecule has 24 rings (SSSR count). The van der Waals surface area contributed by atoms with Crippen LogP contribution >= 0.6 is 63.7 Å². The SMILES string of the molecule is C.C.C.C=CC(F)(F)Br.C=CC(F)(F)[C@]1(O)CCC2C3CCC4=CC(=O)CCC4=C3[C@@H](c3ccc(-c4cccnc4)cc3)C[C@@]21C.C=CC(F)(F)[C@]1(O)CCC2C3CCC4=CC(=O)CCC4=C3[C@@H](c3ccc(Br)cc3)C[C@@]21C.C[C@]12C[C@H](c3ccc(Br)cc3)C3=C4CCC5(C=C4CCC3C1CCC2=O)OCCO5.C[C@]12C[C@H](c3ccc(Br)cc3)C3=C4CCC5(C[C@]4(O)CCC3C1CCC2=O)OCCO5.OB(O)c1cccnc1. The van der Waals surface area contributed by atoms with Gasteiger partial charge in [0.05, 0.1) is 32.0 Å². The first-order chi connectivity index (χ1) is 69.0. The molecule has 11 fully saturated rings. The number of hydrogen-bond acceptors (Lipinski definition) is 15. The molecule has 18 aliphatic rings. The van der Waals surface area contributed by atoms with Crippen molar-refractivity contribution in [2.24, 2.45) is 69.0 Å². The van der Waals surface area contributed by atoms with Crippen LogP contribution in [-0.2, 0) is 38.1 Å². The zero-order valence-electron chi connectivity index (χ0n) is 83.0. The van der Waals surface area contributed by atoms with Gasteiger partial charge in [-0.2, -0.15) is 26.3 Å². The lowest BCUT2D eigenvalue weighted by atomic mass is 9.50. The van der Waals surface area contributed by atoms with Gasteiger partial charge in [-0.25, -0.2) is 0 Å². The summed E-state index contributed by atoms with van der Waals surface area (Å²) in [5.41, 5.74) is 14.7. The third kappa shape index (κ3) is 20.5. The molecule has 2 aliphatic heterocycles. The Balaban J connectivity index is 0.000000134. The van der Waals surface area contributed by atoms with Crippen LogP contribution < -0.4 is 5.46 Å². The smallest absolute Gasteiger partial charge is 0.423 e. The van der Waals surface area contributed by atoms with Crippen molar-refractivity contribution in [3.8, 4) is 11.1 Å². The van der Waals surface area contributed by atoms with Crippen molar-refractivity contribution in [3.63, 3.8) is 0 Å². The van der Waals surface area contributed by atoms with Crippen molar-refractivity contribution in [2.75, 3.05) is 26.4 Å². The molecular formula is C122H143BBr4F6N2O13. The maximum Gasteiger partial charge on any atom is 0.490 e. The van der Waals surface area contributed by atoms with Crippen molar-refractivity contribution < 1.29 is 89.8 Å². The number of nitrogens with zero attached hydrogens (tertiary/aromatic N) is 2. The standard InChI is InChI=1S/C32H33F2NO2.C27H29BrF2O2.C26H31BrO4.C26H29BrO3.C5H6BNO2.C3H3BrF2.3CH4/c1-3-32(33,34)31(37)15-14-28-26-12-10-22-17-24(36)11-13-25(22)29(26)27(18-30(28,31)2)21-8-6-20(7-9-21)23-5-4-16-35-19-23;1-3-27(29,30)26(32)13-12-23-21-10-6-17-14-19(31)9-11-20(17)24(21)22(15-25(23,26)2)16-4-7-18(28)8-5-16;1-24-14-19(16-2-4-17(27)5-3-16)23-18(20(24)6-7-22(24)28)8-10-25(29)15-26(11-9-21(23)25)30-12-13-31-26;1-25-15-21(16-2-5-18(27)6-3-16)24-19-10-11-26(29-12-13-30-26)14-17(19)4-7-20(24)22(25)8-9-23(25)28;8-6(9)5-2-1-3-7-4-5;1-2-3(4,5)6;;;/h3-9,16-17,19,26-28,37H,1,10-15,18H2,2H3;3-5,7-8,14,21-23,32H,1,6,9-13,15H2,2H3;2-5,18-20,29H,6-15H2,1H3;2-3,5-6,14,20-22H,4,7-13,15H2,1H3;1-4,8-9H;2H,1H2;3*1H4/t26?,27-,28?,30+,31+;21?,22-,23?,25+,26+;18?,19-,20?,24+,25-;20?,21-,22?,25+;;;;;/m1111...../s1. The van der Waals surface area contributed by atoms with Gasteiger partial charge in [-0.1, -0.05) is 213 Å². The van der Waals surface area contributed by atoms with Crippen LogP contribution in [0.4, 0.5) is 26.3 Å². The second-order valence-corrected chi connectivity index (χ2v) is 48.8. The van der Waals surface area contributed by atoms with E-state index in [1.165, 1.54) is 56.3 Å². The highest BCUT2D eigenvalue weighted by atomic mass is 79.9. The van der Waals surface area contributed by atoms with Crippen LogP contribution in [0.15, 0.2) is 277 Å². The predicted molar refractivity (Wildman–Crippen MR) is 582 cm³/mol. The molecule has 0 amide bonds. The molecule has 2 saturated heterocycles. The Kier molecular flexibility index (Phi) is 33.3. The van der Waals surface area contributed by atoms with E-state index in [1.807, 2.05) is 72.4 Å². The average Bonchev–Trinajstić information content (AvgIpc) is 1.53. The molecule has 792 valence electrons. The van der Waals surface area contributed by atoms with E-state index in [4.69, 9.17) is 29.0 Å². The molecule has 4 aromatic carbocycles. The second kappa shape index (κ2) is 43.7. The Labute approximate surface area is 903 Å². The van der Waals surface area contributed by atoms with Crippen LogP contribution in [-0.4, -0.2) is 137 Å². The maximum atomic E-state index is 15.3. The molecule has 8 unspecified atom stereocenters. The van der Waals surface area contributed by atoms with Crippen LogP contribution in [0.1, 0.15) is 282 Å². The van der Waals surface area contributed by atoms with Gasteiger partial charge < -0.3 is 44.3 Å².